The molecule has 1 aromatic rings. The van der Waals surface area contributed by atoms with E-state index in [1.54, 1.807) is 26.8 Å². The average molecular weight is 307 g/mol. The van der Waals surface area contributed by atoms with E-state index < -0.39 is 17.7 Å². The van der Waals surface area contributed by atoms with E-state index in [0.29, 0.717) is 18.5 Å². The normalized spacial score (nSPS) is 11.4. The summed E-state index contributed by atoms with van der Waals surface area (Å²) in [5.74, 6) is -1.16. The Morgan fingerprint density at radius 1 is 1.45 bits per heavy atom. The number of nitrogen functional groups attached to an aromatic ring is 1. The van der Waals surface area contributed by atoms with Gasteiger partial charge in [0.05, 0.1) is 5.69 Å². The molecule has 0 aliphatic carbocycles. The van der Waals surface area contributed by atoms with Crippen molar-refractivity contribution in [3.63, 3.8) is 0 Å². The second kappa shape index (κ2) is 7.44. The van der Waals surface area contributed by atoms with Crippen LogP contribution in [0.5, 0.6) is 0 Å². The Balaban J connectivity index is 2.42. The van der Waals surface area contributed by atoms with Crippen molar-refractivity contribution >= 4 is 23.8 Å². The van der Waals surface area contributed by atoms with E-state index in [0.717, 1.165) is 0 Å². The Morgan fingerprint density at radius 2 is 2.14 bits per heavy atom. The molecular weight excluding hydrogens is 286 g/mol. The first-order valence-electron chi connectivity index (χ1n) is 6.81. The van der Waals surface area contributed by atoms with Crippen molar-refractivity contribution in [3.8, 4) is 0 Å². The van der Waals surface area contributed by atoms with Gasteiger partial charge in [-0.15, -0.1) is 0 Å². The van der Waals surface area contributed by atoms with E-state index in [2.05, 4.69) is 10.3 Å². The van der Waals surface area contributed by atoms with Gasteiger partial charge in [0.2, 0.25) is 0 Å². The van der Waals surface area contributed by atoms with Gasteiger partial charge in [0.25, 0.3) is 0 Å². The number of nitrogens with zero attached hydrogens (tertiary/aromatic N) is 1. The molecule has 0 radical (unpaired) electrons. The molecule has 0 bridgehead atoms. The number of carbonyl (C=O) groups is 2. The Labute approximate surface area is 129 Å². The Bertz CT molecular complexity index is 577. The zero-order chi connectivity index (χ0) is 16.8. The summed E-state index contributed by atoms with van der Waals surface area (Å²) in [6.07, 6.45) is 5.15. The molecule has 0 atom stereocenters. The number of amides is 1. The molecule has 0 aromatic carbocycles. The van der Waals surface area contributed by atoms with Crippen LogP contribution >= 0.6 is 0 Å². The van der Waals surface area contributed by atoms with E-state index in [1.807, 2.05) is 6.08 Å². The number of carboxylic acid groups (broad SMARTS) is 1. The smallest absolute Gasteiger partial charge is 0.407 e. The van der Waals surface area contributed by atoms with Crippen LogP contribution in [0.15, 0.2) is 18.3 Å². The summed E-state index contributed by atoms with van der Waals surface area (Å²) in [7, 11) is 0. The molecule has 1 rings (SSSR count). The lowest BCUT2D eigenvalue weighted by Gasteiger charge is -2.19. The van der Waals surface area contributed by atoms with E-state index in [-0.39, 0.29) is 11.4 Å². The summed E-state index contributed by atoms with van der Waals surface area (Å²) >= 11 is 0. The quantitative estimate of drug-likeness (QED) is 0.719. The van der Waals surface area contributed by atoms with Gasteiger partial charge in [0.1, 0.15) is 5.60 Å². The molecule has 0 aliphatic heterocycles. The third-order valence-corrected chi connectivity index (χ3v) is 2.43. The van der Waals surface area contributed by atoms with Gasteiger partial charge in [-0.3, -0.25) is 0 Å². The topological polar surface area (TPSA) is 115 Å². The number of aromatic carboxylic acids is 1. The van der Waals surface area contributed by atoms with Gasteiger partial charge in [0, 0.05) is 12.7 Å². The maximum atomic E-state index is 11.4. The van der Waals surface area contributed by atoms with Crippen LogP contribution in [0.4, 0.5) is 10.5 Å². The van der Waals surface area contributed by atoms with Crippen LogP contribution in [0.2, 0.25) is 0 Å². The van der Waals surface area contributed by atoms with Crippen molar-refractivity contribution in [3.05, 3.63) is 29.6 Å². The summed E-state index contributed by atoms with van der Waals surface area (Å²) in [5.41, 5.74) is 5.73. The summed E-state index contributed by atoms with van der Waals surface area (Å²) in [6.45, 7) is 5.82. The lowest BCUT2D eigenvalue weighted by molar-refractivity contribution is 0.0528. The van der Waals surface area contributed by atoms with Crippen LogP contribution in [-0.2, 0) is 4.74 Å². The zero-order valence-corrected chi connectivity index (χ0v) is 12.9. The minimum absolute atomic E-state index is 0.113. The number of carbonyl (C=O) groups excluding carboxylic acids is 1. The van der Waals surface area contributed by atoms with E-state index in [1.165, 1.54) is 12.3 Å². The van der Waals surface area contributed by atoms with E-state index in [9.17, 15) is 9.59 Å². The highest BCUT2D eigenvalue weighted by Crippen LogP contribution is 2.12. The van der Waals surface area contributed by atoms with Gasteiger partial charge in [0.15, 0.2) is 5.69 Å². The van der Waals surface area contributed by atoms with Gasteiger partial charge in [-0.05, 0) is 38.8 Å². The van der Waals surface area contributed by atoms with Crippen molar-refractivity contribution < 1.29 is 19.4 Å². The molecule has 0 aliphatic rings. The first-order chi connectivity index (χ1) is 10.2. The van der Waals surface area contributed by atoms with Gasteiger partial charge < -0.3 is 20.9 Å². The van der Waals surface area contributed by atoms with Gasteiger partial charge in [-0.2, -0.15) is 0 Å². The maximum absolute atomic E-state index is 11.4. The fourth-order valence-electron chi connectivity index (χ4n) is 1.56. The highest BCUT2D eigenvalue weighted by atomic mass is 16.6. The third kappa shape index (κ3) is 6.25. The summed E-state index contributed by atoms with van der Waals surface area (Å²) in [5, 5.41) is 11.5. The molecule has 7 heteroatoms. The van der Waals surface area contributed by atoms with Crippen LogP contribution in [0.3, 0.4) is 0 Å². The maximum Gasteiger partial charge on any atom is 0.407 e. The number of alkyl carbamates (subject to hydrolysis) is 1. The minimum Gasteiger partial charge on any atom is -0.476 e. The number of aromatic nitrogens is 1. The van der Waals surface area contributed by atoms with Crippen molar-refractivity contribution in [1.82, 2.24) is 10.3 Å². The molecule has 0 fully saturated rings. The number of carboxylic acids is 1. The van der Waals surface area contributed by atoms with Crippen LogP contribution in [0.25, 0.3) is 6.08 Å². The molecule has 4 N–H and O–H groups in total. The molecule has 7 nitrogen and oxygen atoms in total. The van der Waals surface area contributed by atoms with Crippen molar-refractivity contribution in [2.75, 3.05) is 12.3 Å². The standard InChI is InChI=1S/C15H21N3O4/c1-15(2,3)22-14(21)17-7-5-4-6-10-8-11(16)12(13(19)20)18-9-10/h4,6,8-9H,5,7,16H2,1-3H3,(H,17,21)(H,19,20). The van der Waals surface area contributed by atoms with Crippen molar-refractivity contribution in [1.29, 1.82) is 0 Å². The summed E-state index contributed by atoms with van der Waals surface area (Å²) in [6, 6.07) is 1.54. The molecular formula is C15H21N3O4. The molecule has 0 unspecified atom stereocenters. The predicted molar refractivity (Wildman–Crippen MR) is 83.5 cm³/mol. The van der Waals surface area contributed by atoms with Crippen LogP contribution < -0.4 is 11.1 Å². The second-order valence-corrected chi connectivity index (χ2v) is 5.63. The molecule has 22 heavy (non-hydrogen) atoms. The van der Waals surface area contributed by atoms with Crippen LogP contribution in [-0.4, -0.2) is 34.3 Å². The number of ether oxygens (including phenoxy) is 1. The lowest BCUT2D eigenvalue weighted by Crippen LogP contribution is -2.32. The SMILES string of the molecule is CC(C)(C)OC(=O)NCCC=Cc1cnc(C(=O)O)c(N)c1. The Hall–Kier alpha value is -2.57. The van der Waals surface area contributed by atoms with E-state index >= 15 is 0 Å². The molecule has 0 saturated carbocycles. The largest absolute Gasteiger partial charge is 0.476 e. The zero-order valence-electron chi connectivity index (χ0n) is 12.9. The van der Waals surface area contributed by atoms with Gasteiger partial charge in [-0.25, -0.2) is 14.6 Å². The lowest BCUT2D eigenvalue weighted by atomic mass is 10.2. The highest BCUT2D eigenvalue weighted by molar-refractivity contribution is 5.91. The molecule has 1 amide bonds. The second-order valence-electron chi connectivity index (χ2n) is 5.63. The predicted octanol–water partition coefficient (Wildman–Crippen LogP) is 2.29. The van der Waals surface area contributed by atoms with Crippen LogP contribution in [0, 0.1) is 0 Å². The molecule has 120 valence electrons. The third-order valence-electron chi connectivity index (χ3n) is 2.43. The van der Waals surface area contributed by atoms with E-state index in [4.69, 9.17) is 15.6 Å². The molecule has 1 heterocycles. The number of pyridine rings is 1. The van der Waals surface area contributed by atoms with Gasteiger partial charge in [-0.1, -0.05) is 12.2 Å². The summed E-state index contributed by atoms with van der Waals surface area (Å²) < 4.78 is 5.10. The number of nitrogens with two attached hydrogens (primary N) is 1. The average Bonchev–Trinajstić information content (AvgIpc) is 2.35. The number of hydrogen-bond acceptors (Lipinski definition) is 5. The van der Waals surface area contributed by atoms with Crippen LogP contribution in [0.1, 0.15) is 43.2 Å². The number of nitrogens with one attached hydrogen (secondary N) is 1. The van der Waals surface area contributed by atoms with Gasteiger partial charge >= 0.3 is 12.1 Å². The Morgan fingerprint density at radius 3 is 2.68 bits per heavy atom. The molecule has 0 saturated heterocycles. The Kier molecular flexibility index (Phi) is 5.91. The molecule has 1 aromatic heterocycles. The summed E-state index contributed by atoms with van der Waals surface area (Å²) in [4.78, 5) is 26.0. The fraction of sp³-hybridized carbons (Fsp3) is 0.400. The minimum atomic E-state index is -1.16. The number of rotatable bonds is 5. The fourth-order valence-corrected chi connectivity index (χ4v) is 1.56. The highest BCUT2D eigenvalue weighted by Gasteiger charge is 2.15. The molecule has 0 spiro atoms. The van der Waals surface area contributed by atoms with Crippen molar-refractivity contribution in [2.24, 2.45) is 0 Å². The number of anilines is 1. The number of hydrogen-bond donors (Lipinski definition) is 3. The van der Waals surface area contributed by atoms with Crippen molar-refractivity contribution in [2.45, 2.75) is 32.8 Å². The monoisotopic (exact) mass is 307 g/mol. The first kappa shape index (κ1) is 17.5. The first-order valence-corrected chi connectivity index (χ1v) is 6.81.